The number of imidazole rings is 2. The molecule has 0 N–H and O–H groups in total. The van der Waals surface area contributed by atoms with Crippen molar-refractivity contribution in [1.29, 1.82) is 0 Å². The van der Waals surface area contributed by atoms with Gasteiger partial charge < -0.3 is 34.0 Å². The van der Waals surface area contributed by atoms with Crippen LogP contribution in [0.1, 0.15) is 11.1 Å². The van der Waals surface area contributed by atoms with Crippen molar-refractivity contribution in [1.82, 2.24) is 9.13 Å². The zero-order valence-corrected chi connectivity index (χ0v) is 24.0. The van der Waals surface area contributed by atoms with Gasteiger partial charge in [-0.25, -0.2) is 18.3 Å². The van der Waals surface area contributed by atoms with E-state index in [-0.39, 0.29) is 34.0 Å². The van der Waals surface area contributed by atoms with Gasteiger partial charge in [-0.15, -0.1) is 0 Å². The highest BCUT2D eigenvalue weighted by atomic mass is 79.9. The van der Waals surface area contributed by atoms with Gasteiger partial charge in [0.25, 0.3) is 0 Å². The lowest BCUT2D eigenvalue weighted by Crippen LogP contribution is -3.00. The number of benzene rings is 4. The lowest BCUT2D eigenvalue weighted by Gasteiger charge is -2.04. The van der Waals surface area contributed by atoms with E-state index in [1.807, 2.05) is 0 Å². The van der Waals surface area contributed by atoms with Crippen molar-refractivity contribution >= 4 is 0 Å². The number of rotatable bonds is 7. The van der Waals surface area contributed by atoms with Crippen LogP contribution in [0, 0.1) is 0 Å². The standard InChI is InChI=1S/C32H28N4.2BrH/c1-3-7-27(8-4-1)23-33-19-21-35(25-33)31-15-11-29(12-16-31)30-13-17-32(18-14-30)36-22-20-34(26-36)24-28-9-5-2-6-10-28;;/h1-22,25-26H,23-24H2;2*1H/q+2;;/p-2. The van der Waals surface area contributed by atoms with Crippen LogP contribution in [0.5, 0.6) is 0 Å². The Kier molecular flexibility index (Phi) is 9.10. The molecule has 0 bridgehead atoms. The van der Waals surface area contributed by atoms with Crippen LogP contribution in [0.15, 0.2) is 147 Å². The summed E-state index contributed by atoms with van der Waals surface area (Å²) in [6, 6.07) is 38.5. The summed E-state index contributed by atoms with van der Waals surface area (Å²) in [6.07, 6.45) is 12.7. The van der Waals surface area contributed by atoms with E-state index in [1.165, 1.54) is 22.3 Å². The molecule has 0 atom stereocenters. The van der Waals surface area contributed by atoms with E-state index < -0.39 is 0 Å². The Morgan fingerprint density at radius 1 is 0.447 bits per heavy atom. The predicted molar refractivity (Wildman–Crippen MR) is 142 cm³/mol. The molecule has 0 unspecified atom stereocenters. The third-order valence-corrected chi connectivity index (χ3v) is 6.46. The van der Waals surface area contributed by atoms with Crippen molar-refractivity contribution < 1.29 is 43.1 Å². The van der Waals surface area contributed by atoms with Crippen molar-refractivity contribution in [3.05, 3.63) is 158 Å². The van der Waals surface area contributed by atoms with Crippen molar-refractivity contribution in [2.75, 3.05) is 0 Å². The first-order chi connectivity index (χ1) is 17.8. The van der Waals surface area contributed by atoms with Crippen LogP contribution in [0.25, 0.3) is 22.5 Å². The molecule has 4 nitrogen and oxygen atoms in total. The fourth-order valence-electron chi connectivity index (χ4n) is 4.52. The molecule has 0 fully saturated rings. The molecule has 6 heteroatoms. The Bertz CT molecular complexity index is 1430. The van der Waals surface area contributed by atoms with Crippen molar-refractivity contribution in [3.8, 4) is 22.5 Å². The van der Waals surface area contributed by atoms with E-state index >= 15 is 0 Å². The molecule has 6 aromatic rings. The maximum absolute atomic E-state index is 2.20. The molecule has 0 saturated heterocycles. The molecule has 6 rings (SSSR count). The monoisotopic (exact) mass is 626 g/mol. The first-order valence-electron chi connectivity index (χ1n) is 12.2. The molecule has 4 aromatic carbocycles. The number of hydrogen-bond acceptors (Lipinski definition) is 0. The number of hydrogen-bond donors (Lipinski definition) is 0. The summed E-state index contributed by atoms with van der Waals surface area (Å²) < 4.78 is 8.72. The van der Waals surface area contributed by atoms with Crippen LogP contribution >= 0.6 is 0 Å². The van der Waals surface area contributed by atoms with Gasteiger partial charge in [0.2, 0.25) is 12.7 Å². The molecule has 0 saturated carbocycles. The van der Waals surface area contributed by atoms with E-state index in [0.29, 0.717) is 0 Å². The minimum absolute atomic E-state index is 0. The molecule has 38 heavy (non-hydrogen) atoms. The van der Waals surface area contributed by atoms with E-state index in [0.717, 1.165) is 24.5 Å². The lowest BCUT2D eigenvalue weighted by atomic mass is 10.0. The Balaban J connectivity index is 0.00000168. The minimum Gasteiger partial charge on any atom is -1.00 e. The summed E-state index contributed by atoms with van der Waals surface area (Å²) in [6.45, 7) is 1.73. The largest absolute Gasteiger partial charge is 1.00 e. The van der Waals surface area contributed by atoms with Gasteiger partial charge in [0, 0.05) is 0 Å². The second kappa shape index (κ2) is 12.7. The van der Waals surface area contributed by atoms with Crippen LogP contribution in [-0.4, -0.2) is 9.13 Å². The topological polar surface area (TPSA) is 17.6 Å². The number of halogens is 2. The van der Waals surface area contributed by atoms with Gasteiger partial charge in [-0.3, -0.25) is 0 Å². The molecule has 0 spiro atoms. The number of aromatic nitrogens is 4. The maximum Gasteiger partial charge on any atom is 0.249 e. The van der Waals surface area contributed by atoms with Gasteiger partial charge >= 0.3 is 0 Å². The first kappa shape index (κ1) is 27.3. The molecule has 0 aliphatic carbocycles. The third-order valence-electron chi connectivity index (χ3n) is 6.46. The molecule has 190 valence electrons. The summed E-state index contributed by atoms with van der Waals surface area (Å²) in [5.74, 6) is 0. The fourth-order valence-corrected chi connectivity index (χ4v) is 4.52. The molecule has 0 aliphatic heterocycles. The highest BCUT2D eigenvalue weighted by Gasteiger charge is 2.10. The Labute approximate surface area is 244 Å². The molecule has 0 aliphatic rings. The van der Waals surface area contributed by atoms with Gasteiger partial charge in [0.1, 0.15) is 49.3 Å². The van der Waals surface area contributed by atoms with Gasteiger partial charge in [-0.2, -0.15) is 0 Å². The van der Waals surface area contributed by atoms with Crippen LogP contribution in [0.2, 0.25) is 0 Å². The SMILES string of the molecule is [Br-].[Br-].c1ccc(C[n+]2ccn(-c3ccc(-c4ccc(-n5cc[n+](Cc6ccccc6)c5)cc4)cc3)c2)cc1. The van der Waals surface area contributed by atoms with Gasteiger partial charge in [0.15, 0.2) is 0 Å². The van der Waals surface area contributed by atoms with E-state index in [1.54, 1.807) is 0 Å². The van der Waals surface area contributed by atoms with Gasteiger partial charge in [0.05, 0.1) is 0 Å². The highest BCUT2D eigenvalue weighted by molar-refractivity contribution is 5.65. The summed E-state index contributed by atoms with van der Waals surface area (Å²) in [5.41, 5.74) is 7.31. The smallest absolute Gasteiger partial charge is 0.249 e. The lowest BCUT2D eigenvalue weighted by molar-refractivity contribution is -0.687. The maximum atomic E-state index is 2.20. The van der Waals surface area contributed by atoms with E-state index in [9.17, 15) is 0 Å². The molecule has 0 amide bonds. The fraction of sp³-hybridized carbons (Fsp3) is 0.0625. The normalized spacial score (nSPS) is 10.4. The van der Waals surface area contributed by atoms with Crippen molar-refractivity contribution in [2.45, 2.75) is 13.1 Å². The predicted octanol–water partition coefficient (Wildman–Crippen LogP) is -0.385. The van der Waals surface area contributed by atoms with E-state index in [2.05, 4.69) is 165 Å². The first-order valence-corrected chi connectivity index (χ1v) is 12.2. The van der Waals surface area contributed by atoms with Gasteiger partial charge in [-0.05, 0) is 46.5 Å². The van der Waals surface area contributed by atoms with E-state index in [4.69, 9.17) is 0 Å². The molecule has 2 aromatic heterocycles. The molecule has 2 heterocycles. The second-order valence-corrected chi connectivity index (χ2v) is 9.05. The van der Waals surface area contributed by atoms with Crippen LogP contribution in [0.4, 0.5) is 0 Å². The Hall–Kier alpha value is -3.74. The number of nitrogens with zero attached hydrogens (tertiary/aromatic N) is 4. The van der Waals surface area contributed by atoms with Crippen molar-refractivity contribution in [3.63, 3.8) is 0 Å². The molecular formula is C32H28Br2N4. The average Bonchev–Trinajstić information content (AvgIpc) is 3.60. The highest BCUT2D eigenvalue weighted by Crippen LogP contribution is 2.22. The molecule has 0 radical (unpaired) electrons. The Morgan fingerprint density at radius 2 is 0.816 bits per heavy atom. The Morgan fingerprint density at radius 3 is 1.18 bits per heavy atom. The van der Waals surface area contributed by atoms with Crippen LogP contribution in [0.3, 0.4) is 0 Å². The van der Waals surface area contributed by atoms with Crippen LogP contribution < -0.4 is 43.1 Å². The minimum atomic E-state index is 0. The zero-order chi connectivity index (χ0) is 24.2. The van der Waals surface area contributed by atoms with Crippen LogP contribution in [-0.2, 0) is 13.1 Å². The quantitative estimate of drug-likeness (QED) is 0.215. The average molecular weight is 628 g/mol. The summed E-state index contributed by atoms with van der Waals surface area (Å²) in [5, 5.41) is 0. The third kappa shape index (κ3) is 6.39. The zero-order valence-electron chi connectivity index (χ0n) is 20.8. The summed E-state index contributed by atoms with van der Waals surface area (Å²) in [4.78, 5) is 0. The summed E-state index contributed by atoms with van der Waals surface area (Å²) >= 11 is 0. The second-order valence-electron chi connectivity index (χ2n) is 9.05. The summed E-state index contributed by atoms with van der Waals surface area (Å²) in [7, 11) is 0. The van der Waals surface area contributed by atoms with Crippen molar-refractivity contribution in [2.24, 2.45) is 0 Å². The molecular weight excluding hydrogens is 600 g/mol. The van der Waals surface area contributed by atoms with Gasteiger partial charge in [-0.1, -0.05) is 84.9 Å².